The molecule has 0 aromatic heterocycles. The largest absolute Gasteiger partial charge is 0.395 e. The van der Waals surface area contributed by atoms with Gasteiger partial charge in [-0.25, -0.2) is 0 Å². The Morgan fingerprint density at radius 1 is 1.28 bits per heavy atom. The number of carbonyl (C=O) groups is 3. The molecule has 3 amide bonds. The number of rotatable bonds is 7. The predicted molar refractivity (Wildman–Crippen MR) is 107 cm³/mol. The second-order valence-corrected chi connectivity index (χ2v) is 9.77. The quantitative estimate of drug-likeness (QED) is 0.443. The Morgan fingerprint density at radius 2 is 2.03 bits per heavy atom. The third kappa shape index (κ3) is 3.43. The van der Waals surface area contributed by atoms with E-state index in [1.807, 2.05) is 0 Å². The van der Waals surface area contributed by atoms with Gasteiger partial charge in [0.15, 0.2) is 0 Å². The van der Waals surface area contributed by atoms with Crippen LogP contribution in [-0.2, 0) is 19.1 Å². The number of aliphatic hydroxyl groups is 1. The SMILES string of the molecule is CNC(=O)[C@@H]1[C@@H]2CCC3(S2)C(C(=O)NCCN2CCOCC2)N(CCO)C(=O)[C@H]13. The fourth-order valence-corrected chi connectivity index (χ4v) is 7.75. The number of ether oxygens (including phenoxy) is 1. The molecule has 4 heterocycles. The van der Waals surface area contributed by atoms with Crippen LogP contribution >= 0.6 is 11.8 Å². The number of carbonyl (C=O) groups excluding carboxylic acids is 3. The minimum absolute atomic E-state index is 0.0730. The standard InChI is InChI=1S/C19H30N4O5S/c1-20-16(25)13-12-2-3-19(29-12)14(13)18(27)23(6-9-24)15(19)17(26)21-4-5-22-7-10-28-11-8-22/h12-15,24H,2-11H2,1H3,(H,20,25)(H,21,26)/t12-,13+,14-,15?,19?/m0/s1. The number of nitrogens with zero attached hydrogens (tertiary/aromatic N) is 2. The molecule has 4 aliphatic heterocycles. The van der Waals surface area contributed by atoms with Crippen molar-refractivity contribution in [1.82, 2.24) is 20.4 Å². The van der Waals surface area contributed by atoms with E-state index in [4.69, 9.17) is 4.74 Å². The van der Waals surface area contributed by atoms with Crippen molar-refractivity contribution < 1.29 is 24.2 Å². The zero-order valence-electron chi connectivity index (χ0n) is 16.8. The summed E-state index contributed by atoms with van der Waals surface area (Å²) in [5.74, 6) is -1.37. The van der Waals surface area contributed by atoms with Crippen molar-refractivity contribution in [3.8, 4) is 0 Å². The van der Waals surface area contributed by atoms with Crippen LogP contribution in [0.4, 0.5) is 0 Å². The van der Waals surface area contributed by atoms with Gasteiger partial charge in [0.05, 0.1) is 36.4 Å². The first kappa shape index (κ1) is 20.9. The highest BCUT2D eigenvalue weighted by Crippen LogP contribution is 2.66. The number of aliphatic hydroxyl groups excluding tert-OH is 1. The molecule has 4 rings (SSSR count). The third-order valence-electron chi connectivity index (χ3n) is 6.77. The van der Waals surface area contributed by atoms with E-state index in [2.05, 4.69) is 15.5 Å². The summed E-state index contributed by atoms with van der Waals surface area (Å²) in [5.41, 5.74) is 0. The van der Waals surface area contributed by atoms with Crippen LogP contribution in [-0.4, -0.2) is 108 Å². The van der Waals surface area contributed by atoms with Crippen molar-refractivity contribution in [2.24, 2.45) is 11.8 Å². The van der Waals surface area contributed by atoms with Gasteiger partial charge in [-0.3, -0.25) is 19.3 Å². The summed E-state index contributed by atoms with van der Waals surface area (Å²) in [4.78, 5) is 42.8. The van der Waals surface area contributed by atoms with E-state index in [0.29, 0.717) is 19.8 Å². The molecule has 0 saturated carbocycles. The van der Waals surface area contributed by atoms with E-state index in [1.54, 1.807) is 18.8 Å². The summed E-state index contributed by atoms with van der Waals surface area (Å²) in [7, 11) is 1.59. The number of likely N-dealkylation sites (tertiary alicyclic amines) is 1. The van der Waals surface area contributed by atoms with Crippen LogP contribution in [0.1, 0.15) is 12.8 Å². The van der Waals surface area contributed by atoms with Gasteiger partial charge < -0.3 is 25.4 Å². The Kier molecular flexibility index (Phi) is 6.06. The summed E-state index contributed by atoms with van der Waals surface area (Å²) in [5, 5.41) is 15.3. The van der Waals surface area contributed by atoms with Crippen LogP contribution in [0.15, 0.2) is 0 Å². The second-order valence-electron chi connectivity index (χ2n) is 8.17. The maximum atomic E-state index is 13.2. The molecule has 1 spiro atoms. The van der Waals surface area contributed by atoms with Crippen LogP contribution < -0.4 is 10.6 Å². The molecule has 0 aromatic carbocycles. The van der Waals surface area contributed by atoms with E-state index >= 15 is 0 Å². The average molecular weight is 427 g/mol. The van der Waals surface area contributed by atoms with Gasteiger partial charge >= 0.3 is 0 Å². The fourth-order valence-electron chi connectivity index (χ4n) is 5.53. The maximum Gasteiger partial charge on any atom is 0.244 e. The van der Waals surface area contributed by atoms with Gasteiger partial charge in [0.1, 0.15) is 6.04 Å². The molecule has 0 radical (unpaired) electrons. The molecule has 4 fully saturated rings. The summed E-state index contributed by atoms with van der Waals surface area (Å²) >= 11 is 1.64. The lowest BCUT2D eigenvalue weighted by atomic mass is 9.71. The van der Waals surface area contributed by atoms with Crippen LogP contribution in [0.5, 0.6) is 0 Å². The smallest absolute Gasteiger partial charge is 0.244 e. The number of amides is 3. The zero-order chi connectivity index (χ0) is 20.6. The van der Waals surface area contributed by atoms with Gasteiger partial charge in [-0.05, 0) is 12.8 Å². The molecule has 2 unspecified atom stereocenters. The van der Waals surface area contributed by atoms with Crippen molar-refractivity contribution in [1.29, 1.82) is 0 Å². The first-order chi connectivity index (χ1) is 14.0. The van der Waals surface area contributed by atoms with Gasteiger partial charge in [-0.15, -0.1) is 11.8 Å². The maximum absolute atomic E-state index is 13.2. The van der Waals surface area contributed by atoms with Crippen molar-refractivity contribution in [2.45, 2.75) is 28.9 Å². The van der Waals surface area contributed by atoms with Crippen molar-refractivity contribution in [2.75, 3.05) is 59.6 Å². The average Bonchev–Trinajstić information content (AvgIpc) is 3.36. The summed E-state index contributed by atoms with van der Waals surface area (Å²) < 4.78 is 4.77. The van der Waals surface area contributed by atoms with Crippen LogP contribution in [0, 0.1) is 11.8 Å². The highest BCUT2D eigenvalue weighted by molar-refractivity contribution is 8.02. The molecule has 4 saturated heterocycles. The van der Waals surface area contributed by atoms with E-state index in [-0.39, 0.29) is 36.1 Å². The Labute approximate surface area is 174 Å². The lowest BCUT2D eigenvalue weighted by molar-refractivity contribution is -0.140. The molecule has 9 nitrogen and oxygen atoms in total. The number of hydrogen-bond acceptors (Lipinski definition) is 7. The molecular formula is C19H30N4O5S. The molecule has 5 atom stereocenters. The summed E-state index contributed by atoms with van der Waals surface area (Å²) in [6, 6.07) is -0.638. The third-order valence-corrected chi connectivity index (χ3v) is 8.72. The molecule has 0 aromatic rings. The number of nitrogens with one attached hydrogen (secondary N) is 2. The molecule has 10 heteroatoms. The van der Waals surface area contributed by atoms with Gasteiger partial charge in [0, 0.05) is 45.0 Å². The minimum Gasteiger partial charge on any atom is -0.395 e. The number of hydrogen-bond donors (Lipinski definition) is 3. The first-order valence-corrected chi connectivity index (χ1v) is 11.3. The van der Waals surface area contributed by atoms with Gasteiger partial charge in [0.2, 0.25) is 17.7 Å². The molecule has 3 N–H and O–H groups in total. The Hall–Kier alpha value is -1.36. The van der Waals surface area contributed by atoms with Crippen LogP contribution in [0.2, 0.25) is 0 Å². The Morgan fingerprint density at radius 3 is 2.72 bits per heavy atom. The van der Waals surface area contributed by atoms with Gasteiger partial charge in [-0.2, -0.15) is 0 Å². The lowest BCUT2D eigenvalue weighted by Gasteiger charge is -2.34. The minimum atomic E-state index is -0.638. The predicted octanol–water partition coefficient (Wildman–Crippen LogP) is -1.74. The number of fused-ring (bicyclic) bond motifs is 1. The molecular weight excluding hydrogens is 396 g/mol. The van der Waals surface area contributed by atoms with Crippen LogP contribution in [0.3, 0.4) is 0 Å². The van der Waals surface area contributed by atoms with Crippen LogP contribution in [0.25, 0.3) is 0 Å². The molecule has 2 bridgehead atoms. The Bertz CT molecular complexity index is 673. The first-order valence-electron chi connectivity index (χ1n) is 10.4. The second kappa shape index (κ2) is 8.41. The topological polar surface area (TPSA) is 111 Å². The van der Waals surface area contributed by atoms with E-state index in [9.17, 15) is 19.5 Å². The summed E-state index contributed by atoms with van der Waals surface area (Å²) in [6.07, 6.45) is 1.58. The van der Waals surface area contributed by atoms with E-state index in [1.165, 1.54) is 4.90 Å². The summed E-state index contributed by atoms with van der Waals surface area (Å²) in [6.45, 7) is 4.28. The van der Waals surface area contributed by atoms with Crippen molar-refractivity contribution >= 4 is 29.5 Å². The van der Waals surface area contributed by atoms with Crippen molar-refractivity contribution in [3.63, 3.8) is 0 Å². The highest BCUT2D eigenvalue weighted by Gasteiger charge is 2.73. The lowest BCUT2D eigenvalue weighted by Crippen LogP contribution is -2.55. The fraction of sp³-hybridized carbons (Fsp3) is 0.842. The number of morpholine rings is 1. The Balaban J connectivity index is 1.50. The molecule has 162 valence electrons. The molecule has 29 heavy (non-hydrogen) atoms. The van der Waals surface area contributed by atoms with E-state index in [0.717, 1.165) is 32.5 Å². The molecule has 4 aliphatic rings. The van der Waals surface area contributed by atoms with Crippen molar-refractivity contribution in [3.05, 3.63) is 0 Å². The number of thioether (sulfide) groups is 1. The van der Waals surface area contributed by atoms with Gasteiger partial charge in [-0.1, -0.05) is 0 Å². The van der Waals surface area contributed by atoms with E-state index < -0.39 is 22.6 Å². The monoisotopic (exact) mass is 426 g/mol. The molecule has 0 aliphatic carbocycles. The normalized spacial score (nSPS) is 36.3. The zero-order valence-corrected chi connectivity index (χ0v) is 17.6. The highest BCUT2D eigenvalue weighted by atomic mass is 32.2. The number of β-amino-alcohol motifs (C(OH)–C–C–N with tert-alkyl or cyclic N) is 1. The van der Waals surface area contributed by atoms with Gasteiger partial charge in [0.25, 0.3) is 0 Å².